The second kappa shape index (κ2) is 11.5. The summed E-state index contributed by atoms with van der Waals surface area (Å²) in [6.07, 6.45) is 0.0748. The quantitative estimate of drug-likeness (QED) is 0.362. The van der Waals surface area contributed by atoms with Crippen LogP contribution in [0.2, 0.25) is 0 Å². The molecule has 9 heteroatoms. The van der Waals surface area contributed by atoms with Crippen LogP contribution in [-0.2, 0) is 25.6 Å². The number of methoxy groups -OCH3 is 1. The van der Waals surface area contributed by atoms with Gasteiger partial charge in [0.25, 0.3) is 0 Å². The molecule has 0 unspecified atom stereocenters. The molecule has 1 atom stereocenters. The van der Waals surface area contributed by atoms with Crippen LogP contribution in [0.3, 0.4) is 0 Å². The van der Waals surface area contributed by atoms with Crippen LogP contribution in [0, 0.1) is 5.82 Å². The van der Waals surface area contributed by atoms with E-state index in [-0.39, 0.29) is 31.1 Å². The van der Waals surface area contributed by atoms with E-state index in [1.807, 2.05) is 35.7 Å². The first-order chi connectivity index (χ1) is 17.4. The number of amidine groups is 1. The van der Waals surface area contributed by atoms with Crippen molar-refractivity contribution in [2.24, 2.45) is 4.99 Å². The molecule has 0 radical (unpaired) electrons. The second-order valence-electron chi connectivity index (χ2n) is 8.46. The maximum atomic E-state index is 15.1. The van der Waals surface area contributed by atoms with Crippen LogP contribution in [0.15, 0.2) is 82.0 Å². The van der Waals surface area contributed by atoms with Crippen molar-refractivity contribution in [3.05, 3.63) is 93.9 Å². The molecule has 2 aromatic carbocycles. The van der Waals surface area contributed by atoms with Crippen LogP contribution < -0.4 is 0 Å². The molecule has 188 valence electrons. The molecule has 0 aliphatic carbocycles. The standard InChI is InChI=1S/C27H28FN3O4S/c1-18-24(26(33)35-14-13-34-3)25(21-11-7-8-12-22(21)28)31-20(17-36-27(31)29-18)15-23(32)30(2)16-19-9-5-4-6-10-19/h4-12,17,25H,13-16H2,1-3H3/t25-/m1/s1. The number of ether oxygens (including phenoxy) is 2. The summed E-state index contributed by atoms with van der Waals surface area (Å²) in [5, 5.41) is 2.43. The van der Waals surface area contributed by atoms with Crippen LogP contribution in [0.5, 0.6) is 0 Å². The summed E-state index contributed by atoms with van der Waals surface area (Å²) in [4.78, 5) is 34.3. The number of carbonyl (C=O) groups excluding carboxylic acids is 2. The molecule has 2 aliphatic rings. The number of aliphatic imine (C=N–C) groups is 1. The number of carbonyl (C=O) groups is 2. The van der Waals surface area contributed by atoms with Crippen LogP contribution in [0.4, 0.5) is 4.39 Å². The Kier molecular flexibility index (Phi) is 8.22. The minimum Gasteiger partial charge on any atom is -0.460 e. The number of fused-ring (bicyclic) bond motifs is 1. The Morgan fingerprint density at radius 3 is 2.56 bits per heavy atom. The molecule has 0 saturated carbocycles. The fraction of sp³-hybridized carbons (Fsp3) is 0.296. The van der Waals surface area contributed by atoms with Gasteiger partial charge in [-0.3, -0.25) is 4.79 Å². The minimum atomic E-state index is -0.817. The first-order valence-corrected chi connectivity index (χ1v) is 12.4. The van der Waals surface area contributed by atoms with Gasteiger partial charge < -0.3 is 19.3 Å². The van der Waals surface area contributed by atoms with Crippen LogP contribution in [0.25, 0.3) is 0 Å². The van der Waals surface area contributed by atoms with Crippen molar-refractivity contribution in [1.29, 1.82) is 0 Å². The van der Waals surface area contributed by atoms with E-state index >= 15 is 4.39 Å². The third-order valence-electron chi connectivity index (χ3n) is 5.96. The van der Waals surface area contributed by atoms with Gasteiger partial charge in [-0.1, -0.05) is 60.3 Å². The first-order valence-electron chi connectivity index (χ1n) is 11.5. The van der Waals surface area contributed by atoms with Gasteiger partial charge in [0.15, 0.2) is 5.17 Å². The summed E-state index contributed by atoms with van der Waals surface area (Å²) in [7, 11) is 3.27. The van der Waals surface area contributed by atoms with E-state index in [4.69, 9.17) is 9.47 Å². The molecule has 0 bridgehead atoms. The Labute approximate surface area is 214 Å². The highest BCUT2D eigenvalue weighted by Crippen LogP contribution is 2.45. The number of esters is 1. The van der Waals surface area contributed by atoms with E-state index < -0.39 is 17.8 Å². The lowest BCUT2D eigenvalue weighted by molar-refractivity contribution is -0.141. The van der Waals surface area contributed by atoms with E-state index in [0.717, 1.165) is 5.56 Å². The van der Waals surface area contributed by atoms with Crippen molar-refractivity contribution in [2.45, 2.75) is 25.9 Å². The van der Waals surface area contributed by atoms with Gasteiger partial charge in [0.05, 0.1) is 30.3 Å². The maximum Gasteiger partial charge on any atom is 0.338 e. The molecule has 2 aliphatic heterocycles. The molecule has 1 amide bonds. The van der Waals surface area contributed by atoms with Gasteiger partial charge in [-0.2, -0.15) is 0 Å². The Morgan fingerprint density at radius 2 is 1.83 bits per heavy atom. The normalized spacial score (nSPS) is 16.9. The smallest absolute Gasteiger partial charge is 0.338 e. The van der Waals surface area contributed by atoms with Gasteiger partial charge in [0.1, 0.15) is 12.4 Å². The molecule has 0 saturated heterocycles. The molecule has 4 rings (SSSR count). The largest absolute Gasteiger partial charge is 0.460 e. The number of hydrogen-bond acceptors (Lipinski definition) is 7. The summed E-state index contributed by atoms with van der Waals surface area (Å²) >= 11 is 1.35. The van der Waals surface area contributed by atoms with E-state index in [9.17, 15) is 9.59 Å². The Morgan fingerprint density at radius 1 is 1.11 bits per heavy atom. The average molecular weight is 510 g/mol. The third-order valence-corrected chi connectivity index (χ3v) is 6.85. The lowest BCUT2D eigenvalue weighted by atomic mass is 9.93. The van der Waals surface area contributed by atoms with Crippen molar-refractivity contribution in [2.75, 3.05) is 27.4 Å². The zero-order valence-electron chi connectivity index (χ0n) is 20.4. The lowest BCUT2D eigenvalue weighted by Crippen LogP contribution is -2.38. The number of halogens is 1. The molecular formula is C27H28FN3O4S. The Bertz CT molecular complexity index is 1230. The molecule has 0 spiro atoms. The second-order valence-corrected chi connectivity index (χ2v) is 9.29. The summed E-state index contributed by atoms with van der Waals surface area (Å²) in [6, 6.07) is 15.2. The topological polar surface area (TPSA) is 71.4 Å². The van der Waals surface area contributed by atoms with Crippen LogP contribution >= 0.6 is 11.8 Å². The predicted octanol–water partition coefficient (Wildman–Crippen LogP) is 4.64. The summed E-state index contributed by atoms with van der Waals surface area (Å²) < 4.78 is 25.5. The highest BCUT2D eigenvalue weighted by molar-refractivity contribution is 8.16. The number of thioether (sulfide) groups is 1. The van der Waals surface area contributed by atoms with E-state index in [2.05, 4.69) is 4.99 Å². The number of nitrogens with zero attached hydrogens (tertiary/aromatic N) is 3. The molecule has 0 N–H and O–H groups in total. The SMILES string of the molecule is COCCOC(=O)C1=C(C)N=C2SC=C(CC(=O)N(C)Cc3ccccc3)N2[C@@H]1c1ccccc1F. The number of benzene rings is 2. The number of hydrogen-bond donors (Lipinski definition) is 0. The van der Waals surface area contributed by atoms with E-state index in [0.29, 0.717) is 28.7 Å². The summed E-state index contributed by atoms with van der Waals surface area (Å²) in [6.45, 7) is 2.48. The maximum absolute atomic E-state index is 15.1. The van der Waals surface area contributed by atoms with Gasteiger partial charge in [0, 0.05) is 32.0 Å². The van der Waals surface area contributed by atoms with Crippen molar-refractivity contribution < 1.29 is 23.5 Å². The average Bonchev–Trinajstić information content (AvgIpc) is 3.26. The van der Waals surface area contributed by atoms with Crippen molar-refractivity contribution in [1.82, 2.24) is 9.80 Å². The van der Waals surface area contributed by atoms with Crippen LogP contribution in [0.1, 0.15) is 30.5 Å². The van der Waals surface area contributed by atoms with Crippen molar-refractivity contribution in [3.63, 3.8) is 0 Å². The van der Waals surface area contributed by atoms with Gasteiger partial charge in [-0.15, -0.1) is 0 Å². The fourth-order valence-electron chi connectivity index (χ4n) is 4.15. The van der Waals surface area contributed by atoms with Gasteiger partial charge in [0.2, 0.25) is 5.91 Å². The molecule has 2 heterocycles. The zero-order chi connectivity index (χ0) is 25.7. The third kappa shape index (κ3) is 5.52. The first kappa shape index (κ1) is 25.7. The highest BCUT2D eigenvalue weighted by Gasteiger charge is 2.42. The molecule has 0 aromatic heterocycles. The zero-order valence-corrected chi connectivity index (χ0v) is 21.3. The van der Waals surface area contributed by atoms with Crippen LogP contribution in [-0.4, -0.2) is 54.2 Å². The summed E-state index contributed by atoms with van der Waals surface area (Å²) in [5.41, 5.74) is 2.66. The molecule has 2 aromatic rings. The van der Waals surface area contributed by atoms with Crippen molar-refractivity contribution in [3.8, 4) is 0 Å². The number of amides is 1. The van der Waals surface area contributed by atoms with Gasteiger partial charge in [-0.05, 0) is 24.0 Å². The number of rotatable bonds is 9. The number of allylic oxidation sites excluding steroid dienone is 1. The molecular weight excluding hydrogens is 481 g/mol. The van der Waals surface area contributed by atoms with Gasteiger partial charge >= 0.3 is 5.97 Å². The predicted molar refractivity (Wildman–Crippen MR) is 137 cm³/mol. The molecule has 0 fully saturated rings. The van der Waals surface area contributed by atoms with E-state index in [1.54, 1.807) is 42.0 Å². The minimum absolute atomic E-state index is 0.0624. The molecule has 7 nitrogen and oxygen atoms in total. The Hall–Kier alpha value is -3.43. The monoisotopic (exact) mass is 509 g/mol. The molecule has 36 heavy (non-hydrogen) atoms. The summed E-state index contributed by atoms with van der Waals surface area (Å²) in [5.74, 6) is -1.15. The fourth-order valence-corrected chi connectivity index (χ4v) is 5.12. The highest BCUT2D eigenvalue weighted by atomic mass is 32.2. The van der Waals surface area contributed by atoms with Crippen molar-refractivity contribution >= 4 is 28.8 Å². The lowest BCUT2D eigenvalue weighted by Gasteiger charge is -2.36. The van der Waals surface area contributed by atoms with Gasteiger partial charge in [-0.25, -0.2) is 14.2 Å². The Balaban J connectivity index is 1.63. The van der Waals surface area contributed by atoms with E-state index in [1.165, 1.54) is 24.9 Å².